The Morgan fingerprint density at radius 1 is 1.46 bits per heavy atom. The van der Waals surface area contributed by atoms with Gasteiger partial charge in [-0.15, -0.1) is 11.6 Å². The van der Waals surface area contributed by atoms with Gasteiger partial charge in [-0.2, -0.15) is 0 Å². The third-order valence-electron chi connectivity index (χ3n) is 1.79. The summed E-state index contributed by atoms with van der Waals surface area (Å²) in [5.41, 5.74) is 0. The Hall–Kier alpha value is -0.150. The lowest BCUT2D eigenvalue weighted by molar-refractivity contribution is 0.769. The normalized spacial score (nSPS) is 10.6. The standard InChI is InChI=1S/C9H15ClN2S/c1-12-7-6-11-9(12)13-8-4-2-3-5-10/h6-7H,2-5,8H2,1H3. The lowest BCUT2D eigenvalue weighted by atomic mass is 10.3. The molecule has 0 aromatic carbocycles. The van der Waals surface area contributed by atoms with Gasteiger partial charge in [0, 0.05) is 31.1 Å². The van der Waals surface area contributed by atoms with E-state index in [0.717, 1.165) is 23.2 Å². The van der Waals surface area contributed by atoms with E-state index >= 15 is 0 Å². The molecule has 1 rings (SSSR count). The van der Waals surface area contributed by atoms with Crippen LogP contribution in [0.15, 0.2) is 17.6 Å². The Balaban J connectivity index is 2.10. The molecule has 1 aromatic rings. The van der Waals surface area contributed by atoms with Gasteiger partial charge in [-0.1, -0.05) is 18.2 Å². The third kappa shape index (κ3) is 4.05. The largest absolute Gasteiger partial charge is 0.329 e. The van der Waals surface area contributed by atoms with Crippen LogP contribution in [0.5, 0.6) is 0 Å². The first-order chi connectivity index (χ1) is 6.34. The summed E-state index contributed by atoms with van der Waals surface area (Å²) < 4.78 is 2.05. The van der Waals surface area contributed by atoms with Crippen LogP contribution in [0, 0.1) is 0 Å². The molecule has 0 bridgehead atoms. The summed E-state index contributed by atoms with van der Waals surface area (Å²) in [6, 6.07) is 0. The van der Waals surface area contributed by atoms with Gasteiger partial charge in [0.2, 0.25) is 0 Å². The van der Waals surface area contributed by atoms with Gasteiger partial charge in [-0.25, -0.2) is 4.98 Å². The molecule has 0 saturated heterocycles. The van der Waals surface area contributed by atoms with Crippen LogP contribution < -0.4 is 0 Å². The molecule has 0 N–H and O–H groups in total. The molecule has 0 unspecified atom stereocenters. The van der Waals surface area contributed by atoms with Crippen molar-refractivity contribution in [2.24, 2.45) is 7.05 Å². The quantitative estimate of drug-likeness (QED) is 0.415. The third-order valence-corrected chi connectivity index (χ3v) is 3.20. The summed E-state index contributed by atoms with van der Waals surface area (Å²) in [5.74, 6) is 1.93. The molecule has 0 spiro atoms. The second-order valence-electron chi connectivity index (χ2n) is 2.92. The van der Waals surface area contributed by atoms with Crippen LogP contribution in [-0.2, 0) is 7.05 Å². The van der Waals surface area contributed by atoms with Crippen molar-refractivity contribution in [2.45, 2.75) is 24.4 Å². The lowest BCUT2D eigenvalue weighted by Gasteiger charge is -2.00. The zero-order chi connectivity index (χ0) is 9.52. The molecule has 0 radical (unpaired) electrons. The maximum absolute atomic E-state index is 5.58. The Labute approximate surface area is 88.7 Å². The first-order valence-corrected chi connectivity index (χ1v) is 6.02. The molecule has 0 aliphatic rings. The number of rotatable bonds is 6. The van der Waals surface area contributed by atoms with Gasteiger partial charge in [0.1, 0.15) is 0 Å². The van der Waals surface area contributed by atoms with Crippen LogP contribution in [0.1, 0.15) is 19.3 Å². The van der Waals surface area contributed by atoms with E-state index in [9.17, 15) is 0 Å². The molecule has 1 heterocycles. The molecule has 13 heavy (non-hydrogen) atoms. The fourth-order valence-corrected chi connectivity index (χ4v) is 2.15. The lowest BCUT2D eigenvalue weighted by Crippen LogP contribution is -1.90. The predicted octanol–water partition coefficient (Wildman–Crippen LogP) is 2.92. The van der Waals surface area contributed by atoms with E-state index in [-0.39, 0.29) is 0 Å². The van der Waals surface area contributed by atoms with Gasteiger partial charge >= 0.3 is 0 Å². The Morgan fingerprint density at radius 3 is 2.92 bits per heavy atom. The smallest absolute Gasteiger partial charge is 0.167 e. The summed E-state index contributed by atoms with van der Waals surface area (Å²) in [4.78, 5) is 4.23. The molecule has 0 amide bonds. The molecule has 2 nitrogen and oxygen atoms in total. The number of alkyl halides is 1. The second kappa shape index (κ2) is 6.33. The highest BCUT2D eigenvalue weighted by atomic mass is 35.5. The molecule has 0 aliphatic heterocycles. The number of hydrogen-bond acceptors (Lipinski definition) is 2. The van der Waals surface area contributed by atoms with Gasteiger partial charge in [-0.05, 0) is 12.8 Å². The van der Waals surface area contributed by atoms with Crippen molar-refractivity contribution in [1.82, 2.24) is 9.55 Å². The summed E-state index contributed by atoms with van der Waals surface area (Å²) >= 11 is 7.39. The van der Waals surface area contributed by atoms with Crippen molar-refractivity contribution in [3.63, 3.8) is 0 Å². The summed E-state index contributed by atoms with van der Waals surface area (Å²) in [7, 11) is 2.02. The minimum Gasteiger partial charge on any atom is -0.329 e. The van der Waals surface area contributed by atoms with Gasteiger partial charge in [-0.3, -0.25) is 0 Å². The van der Waals surface area contributed by atoms with E-state index in [0.29, 0.717) is 0 Å². The van der Waals surface area contributed by atoms with Crippen molar-refractivity contribution < 1.29 is 0 Å². The van der Waals surface area contributed by atoms with Crippen molar-refractivity contribution in [3.8, 4) is 0 Å². The highest BCUT2D eigenvalue weighted by Gasteiger charge is 1.98. The maximum Gasteiger partial charge on any atom is 0.167 e. The highest BCUT2D eigenvalue weighted by molar-refractivity contribution is 7.99. The van der Waals surface area contributed by atoms with E-state index in [4.69, 9.17) is 11.6 Å². The van der Waals surface area contributed by atoms with Gasteiger partial charge in [0.25, 0.3) is 0 Å². The van der Waals surface area contributed by atoms with Crippen molar-refractivity contribution in [1.29, 1.82) is 0 Å². The number of nitrogens with zero attached hydrogens (tertiary/aromatic N) is 2. The fraction of sp³-hybridized carbons (Fsp3) is 0.667. The number of imidazole rings is 1. The predicted molar refractivity (Wildman–Crippen MR) is 58.5 cm³/mol. The van der Waals surface area contributed by atoms with Crippen LogP contribution in [-0.4, -0.2) is 21.2 Å². The summed E-state index contributed by atoms with van der Waals surface area (Å²) in [5, 5.41) is 1.10. The van der Waals surface area contributed by atoms with Crippen molar-refractivity contribution >= 4 is 23.4 Å². The zero-order valence-corrected chi connectivity index (χ0v) is 9.44. The average Bonchev–Trinajstić information content (AvgIpc) is 2.52. The Morgan fingerprint density at radius 2 is 2.31 bits per heavy atom. The number of unbranched alkanes of at least 4 members (excludes halogenated alkanes) is 2. The molecule has 74 valence electrons. The van der Waals surface area contributed by atoms with Gasteiger partial charge < -0.3 is 4.57 Å². The average molecular weight is 219 g/mol. The maximum atomic E-state index is 5.58. The van der Waals surface area contributed by atoms with Crippen molar-refractivity contribution in [2.75, 3.05) is 11.6 Å². The first kappa shape index (κ1) is 10.9. The SMILES string of the molecule is Cn1ccnc1SCCCCCCl. The Kier molecular flexibility index (Phi) is 5.32. The minimum atomic E-state index is 0.785. The van der Waals surface area contributed by atoms with Crippen LogP contribution in [0.4, 0.5) is 0 Å². The summed E-state index contributed by atoms with van der Waals surface area (Å²) in [6.45, 7) is 0. The van der Waals surface area contributed by atoms with Crippen LogP contribution in [0.25, 0.3) is 0 Å². The van der Waals surface area contributed by atoms with E-state index < -0.39 is 0 Å². The van der Waals surface area contributed by atoms with E-state index in [1.165, 1.54) is 12.8 Å². The number of aryl methyl sites for hydroxylation is 1. The number of halogens is 1. The summed E-state index contributed by atoms with van der Waals surface area (Å²) in [6.07, 6.45) is 7.38. The molecule has 0 atom stereocenters. The number of aromatic nitrogens is 2. The van der Waals surface area contributed by atoms with Crippen LogP contribution in [0.2, 0.25) is 0 Å². The first-order valence-electron chi connectivity index (χ1n) is 4.50. The monoisotopic (exact) mass is 218 g/mol. The molecular weight excluding hydrogens is 204 g/mol. The molecule has 0 aliphatic carbocycles. The van der Waals surface area contributed by atoms with Crippen LogP contribution >= 0.6 is 23.4 Å². The van der Waals surface area contributed by atoms with Crippen LogP contribution in [0.3, 0.4) is 0 Å². The van der Waals surface area contributed by atoms with Gasteiger partial charge in [0.05, 0.1) is 0 Å². The molecule has 0 saturated carbocycles. The molecule has 1 aromatic heterocycles. The van der Waals surface area contributed by atoms with Crippen molar-refractivity contribution in [3.05, 3.63) is 12.4 Å². The fourth-order valence-electron chi connectivity index (χ4n) is 1.03. The van der Waals surface area contributed by atoms with E-state index in [1.807, 2.05) is 35.8 Å². The molecule has 0 fully saturated rings. The van der Waals surface area contributed by atoms with E-state index in [1.54, 1.807) is 0 Å². The number of hydrogen-bond donors (Lipinski definition) is 0. The highest BCUT2D eigenvalue weighted by Crippen LogP contribution is 2.16. The van der Waals surface area contributed by atoms with Gasteiger partial charge in [0.15, 0.2) is 5.16 Å². The minimum absolute atomic E-state index is 0.785. The molecular formula is C9H15ClN2S. The number of thioether (sulfide) groups is 1. The molecule has 4 heteroatoms. The van der Waals surface area contributed by atoms with E-state index in [2.05, 4.69) is 4.98 Å². The Bertz CT molecular complexity index is 237. The second-order valence-corrected chi connectivity index (χ2v) is 4.36. The topological polar surface area (TPSA) is 17.8 Å². The zero-order valence-electron chi connectivity index (χ0n) is 7.87.